The third-order valence-electron chi connectivity index (χ3n) is 2.75. The van der Waals surface area contributed by atoms with Crippen molar-refractivity contribution in [3.05, 3.63) is 35.4 Å². The maximum absolute atomic E-state index is 10.9. The Hall–Kier alpha value is -1.00. The first-order valence-corrected chi connectivity index (χ1v) is 8.17. The molecule has 3 nitrogen and oxygen atoms in total. The zero-order chi connectivity index (χ0) is 13.4. The van der Waals surface area contributed by atoms with E-state index in [1.54, 1.807) is 0 Å². The van der Waals surface area contributed by atoms with Crippen LogP contribution in [0.5, 0.6) is 5.75 Å². The fourth-order valence-corrected chi connectivity index (χ4v) is 2.54. The second-order valence-corrected chi connectivity index (χ2v) is 7.80. The molecule has 98 valence electrons. The standard InChI is InChI=1S/C13H15ClO3S/c1-13(2)7-5-11-9-10(3-4-12(11)17-13)6-8-18(14,15)16/h3-5,7,9H,6,8H2,1-2H3. The average Bonchev–Trinajstić information content (AvgIpc) is 2.24. The third kappa shape index (κ3) is 3.50. The summed E-state index contributed by atoms with van der Waals surface area (Å²) in [6.45, 7) is 3.97. The minimum atomic E-state index is -3.44. The molecule has 0 N–H and O–H groups in total. The lowest BCUT2D eigenvalue weighted by molar-refractivity contribution is 0.159. The minimum absolute atomic E-state index is 0.0522. The van der Waals surface area contributed by atoms with Crippen molar-refractivity contribution < 1.29 is 13.2 Å². The average molecular weight is 287 g/mol. The van der Waals surface area contributed by atoms with Crippen molar-refractivity contribution in [3.8, 4) is 5.75 Å². The number of fused-ring (bicyclic) bond motifs is 1. The normalized spacial score (nSPS) is 17.1. The van der Waals surface area contributed by atoms with Crippen molar-refractivity contribution >= 4 is 25.8 Å². The van der Waals surface area contributed by atoms with Gasteiger partial charge >= 0.3 is 0 Å². The summed E-state index contributed by atoms with van der Waals surface area (Å²) in [6, 6.07) is 5.68. The molecular formula is C13H15ClO3S. The van der Waals surface area contributed by atoms with Gasteiger partial charge in [-0.05, 0) is 44.0 Å². The molecule has 2 rings (SSSR count). The van der Waals surface area contributed by atoms with Crippen LogP contribution in [0, 0.1) is 0 Å². The molecule has 18 heavy (non-hydrogen) atoms. The SMILES string of the molecule is CC1(C)C=Cc2cc(CCS(=O)(=O)Cl)ccc2O1. The molecule has 1 aromatic rings. The van der Waals surface area contributed by atoms with Gasteiger partial charge in [-0.15, -0.1) is 0 Å². The quantitative estimate of drug-likeness (QED) is 0.802. The Labute approximate surface area is 112 Å². The first kappa shape index (κ1) is 13.4. The van der Waals surface area contributed by atoms with E-state index in [1.807, 2.05) is 44.2 Å². The summed E-state index contributed by atoms with van der Waals surface area (Å²) < 4.78 is 27.6. The molecular weight excluding hydrogens is 272 g/mol. The maximum Gasteiger partial charge on any atom is 0.232 e. The Morgan fingerprint density at radius 3 is 2.72 bits per heavy atom. The van der Waals surface area contributed by atoms with E-state index in [0.717, 1.165) is 16.9 Å². The largest absolute Gasteiger partial charge is 0.483 e. The highest BCUT2D eigenvalue weighted by atomic mass is 35.7. The van der Waals surface area contributed by atoms with Crippen LogP contribution in [0.4, 0.5) is 0 Å². The summed E-state index contributed by atoms with van der Waals surface area (Å²) in [5, 5.41) is 0. The van der Waals surface area contributed by atoms with Crippen LogP contribution in [0.15, 0.2) is 24.3 Å². The van der Waals surface area contributed by atoms with Crippen LogP contribution in [0.1, 0.15) is 25.0 Å². The lowest BCUT2D eigenvalue weighted by atomic mass is 10.0. The van der Waals surface area contributed by atoms with Gasteiger partial charge in [0.05, 0.1) is 5.75 Å². The summed E-state index contributed by atoms with van der Waals surface area (Å²) in [5.41, 5.74) is 1.61. The topological polar surface area (TPSA) is 43.4 Å². The highest BCUT2D eigenvalue weighted by molar-refractivity contribution is 8.13. The second kappa shape index (κ2) is 4.59. The molecule has 0 unspecified atom stereocenters. The zero-order valence-corrected chi connectivity index (χ0v) is 11.9. The second-order valence-electron chi connectivity index (χ2n) is 4.90. The smallest absolute Gasteiger partial charge is 0.232 e. The molecule has 0 fully saturated rings. The molecule has 0 aromatic heterocycles. The summed E-state index contributed by atoms with van der Waals surface area (Å²) in [7, 11) is 1.76. The van der Waals surface area contributed by atoms with Crippen molar-refractivity contribution in [2.75, 3.05) is 5.75 Å². The number of hydrogen-bond donors (Lipinski definition) is 0. The maximum atomic E-state index is 10.9. The third-order valence-corrected chi connectivity index (χ3v) is 3.90. The van der Waals surface area contributed by atoms with Gasteiger partial charge in [-0.1, -0.05) is 12.1 Å². The predicted octanol–water partition coefficient (Wildman–Crippen LogP) is 2.98. The van der Waals surface area contributed by atoms with Gasteiger partial charge in [0.1, 0.15) is 11.4 Å². The molecule has 0 bridgehead atoms. The molecule has 0 saturated carbocycles. The van der Waals surface area contributed by atoms with Crippen LogP contribution in [-0.4, -0.2) is 19.8 Å². The lowest BCUT2D eigenvalue weighted by Crippen LogP contribution is -2.27. The molecule has 5 heteroatoms. The van der Waals surface area contributed by atoms with Crippen molar-refractivity contribution in [2.24, 2.45) is 0 Å². The number of halogens is 1. The minimum Gasteiger partial charge on any atom is -0.483 e. The van der Waals surface area contributed by atoms with E-state index in [2.05, 4.69) is 0 Å². The number of rotatable bonds is 3. The molecule has 0 aliphatic carbocycles. The fraction of sp³-hybridized carbons (Fsp3) is 0.385. The molecule has 0 spiro atoms. The van der Waals surface area contributed by atoms with Crippen molar-refractivity contribution in [1.82, 2.24) is 0 Å². The van der Waals surface area contributed by atoms with Crippen LogP contribution in [0.3, 0.4) is 0 Å². The summed E-state index contributed by atoms with van der Waals surface area (Å²) in [5.74, 6) is 0.767. The zero-order valence-electron chi connectivity index (χ0n) is 10.3. The van der Waals surface area contributed by atoms with Crippen LogP contribution in [-0.2, 0) is 15.5 Å². The molecule has 0 radical (unpaired) electrons. The van der Waals surface area contributed by atoms with Gasteiger partial charge in [-0.25, -0.2) is 8.42 Å². The number of ether oxygens (including phenoxy) is 1. The van der Waals surface area contributed by atoms with Gasteiger partial charge in [0.15, 0.2) is 0 Å². The first-order chi connectivity index (χ1) is 8.25. The van der Waals surface area contributed by atoms with E-state index < -0.39 is 9.05 Å². The van der Waals surface area contributed by atoms with E-state index in [-0.39, 0.29) is 11.4 Å². The summed E-state index contributed by atoms with van der Waals surface area (Å²) >= 11 is 0. The molecule has 0 atom stereocenters. The van der Waals surface area contributed by atoms with Gasteiger partial charge < -0.3 is 4.74 Å². The van der Waals surface area contributed by atoms with Crippen LogP contribution in [0.2, 0.25) is 0 Å². The van der Waals surface area contributed by atoms with Crippen LogP contribution in [0.25, 0.3) is 6.08 Å². The summed E-state index contributed by atoms with van der Waals surface area (Å²) in [4.78, 5) is 0. The molecule has 1 aliphatic rings. The predicted molar refractivity (Wildman–Crippen MR) is 73.5 cm³/mol. The van der Waals surface area contributed by atoms with Crippen LogP contribution < -0.4 is 4.74 Å². The van der Waals surface area contributed by atoms with Crippen molar-refractivity contribution in [2.45, 2.75) is 25.9 Å². The van der Waals surface area contributed by atoms with E-state index in [4.69, 9.17) is 15.4 Å². The molecule has 1 aromatic carbocycles. The highest BCUT2D eigenvalue weighted by Crippen LogP contribution is 2.31. The van der Waals surface area contributed by atoms with Gasteiger partial charge in [-0.2, -0.15) is 0 Å². The molecule has 0 amide bonds. The summed E-state index contributed by atoms with van der Waals surface area (Å²) in [6.07, 6.45) is 4.39. The van der Waals surface area contributed by atoms with Gasteiger partial charge in [-0.3, -0.25) is 0 Å². The Kier molecular flexibility index (Phi) is 3.43. The van der Waals surface area contributed by atoms with Gasteiger partial charge in [0.2, 0.25) is 9.05 Å². The van der Waals surface area contributed by atoms with E-state index >= 15 is 0 Å². The lowest BCUT2D eigenvalue weighted by Gasteiger charge is -2.28. The van der Waals surface area contributed by atoms with Crippen LogP contribution >= 0.6 is 10.7 Å². The Morgan fingerprint density at radius 1 is 1.33 bits per heavy atom. The molecule has 0 saturated heterocycles. The fourth-order valence-electron chi connectivity index (χ4n) is 1.82. The highest BCUT2D eigenvalue weighted by Gasteiger charge is 2.21. The van der Waals surface area contributed by atoms with E-state index in [9.17, 15) is 8.42 Å². The van der Waals surface area contributed by atoms with Gasteiger partial charge in [0, 0.05) is 16.2 Å². The van der Waals surface area contributed by atoms with Crippen molar-refractivity contribution in [3.63, 3.8) is 0 Å². The van der Waals surface area contributed by atoms with Crippen molar-refractivity contribution in [1.29, 1.82) is 0 Å². The number of hydrogen-bond acceptors (Lipinski definition) is 3. The first-order valence-electron chi connectivity index (χ1n) is 5.69. The Bertz CT molecular complexity index is 588. The molecule has 1 aliphatic heterocycles. The Morgan fingerprint density at radius 2 is 2.06 bits per heavy atom. The van der Waals surface area contributed by atoms with Gasteiger partial charge in [0.25, 0.3) is 0 Å². The molecule has 1 heterocycles. The van der Waals surface area contributed by atoms with E-state index in [0.29, 0.717) is 6.42 Å². The number of aryl methyl sites for hydroxylation is 1. The monoisotopic (exact) mass is 286 g/mol. The Balaban J connectivity index is 2.19. The van der Waals surface area contributed by atoms with E-state index in [1.165, 1.54) is 0 Å². The number of benzene rings is 1.